The minimum absolute atomic E-state index is 0.0602. The molecule has 80 valence electrons. The summed E-state index contributed by atoms with van der Waals surface area (Å²) in [5.74, 6) is 0.646. The van der Waals surface area contributed by atoms with Crippen molar-refractivity contribution in [1.82, 2.24) is 0 Å². The smallest absolute Gasteiger partial charge is 0.141 e. The van der Waals surface area contributed by atoms with Crippen LogP contribution in [0, 0.1) is 16.7 Å². The Morgan fingerprint density at radius 3 is 2.43 bits per heavy atom. The van der Waals surface area contributed by atoms with Crippen molar-refractivity contribution in [2.24, 2.45) is 16.7 Å². The quantitative estimate of drug-likeness (QED) is 0.700. The van der Waals surface area contributed by atoms with E-state index >= 15 is 0 Å². The monoisotopic (exact) mass is 216 g/mol. The van der Waals surface area contributed by atoms with Gasteiger partial charge in [0, 0.05) is 11.8 Å². The minimum Gasteiger partial charge on any atom is -0.299 e. The van der Waals surface area contributed by atoms with Gasteiger partial charge in [-0.25, -0.2) is 8.42 Å². The molecule has 2 rings (SSSR count). The van der Waals surface area contributed by atoms with Crippen molar-refractivity contribution < 1.29 is 13.2 Å². The molecule has 0 saturated heterocycles. The molecule has 0 amide bonds. The Labute approximate surface area is 85.8 Å². The lowest BCUT2D eigenvalue weighted by Gasteiger charge is -2.34. The molecule has 3 nitrogen and oxygen atoms in total. The molecule has 0 aliphatic heterocycles. The van der Waals surface area contributed by atoms with E-state index in [9.17, 15) is 13.2 Å². The van der Waals surface area contributed by atoms with Crippen LogP contribution in [-0.4, -0.2) is 20.0 Å². The van der Waals surface area contributed by atoms with Gasteiger partial charge in [-0.2, -0.15) is 0 Å². The molecule has 0 aromatic carbocycles. The number of Topliss-reactive ketones (excluding diaryl/α,β-unsaturated/α-hetero) is 1. The zero-order valence-electron chi connectivity index (χ0n) is 8.58. The second kappa shape index (κ2) is 2.81. The summed E-state index contributed by atoms with van der Waals surface area (Å²) in [7, 11) is -2.45. The number of hydrogen-bond acceptors (Lipinski definition) is 3. The first kappa shape index (κ1) is 10.1. The Balaban J connectivity index is 2.44. The van der Waals surface area contributed by atoms with Gasteiger partial charge >= 0.3 is 0 Å². The maximum atomic E-state index is 11.8. The van der Waals surface area contributed by atoms with E-state index in [4.69, 9.17) is 0 Å². The van der Waals surface area contributed by atoms with E-state index < -0.39 is 16.1 Å². The van der Waals surface area contributed by atoms with E-state index in [1.807, 2.05) is 0 Å². The average Bonchev–Trinajstić information content (AvgIpc) is 2.36. The van der Waals surface area contributed by atoms with Gasteiger partial charge in [0.15, 0.2) is 0 Å². The van der Waals surface area contributed by atoms with Crippen molar-refractivity contribution in [3.05, 3.63) is 0 Å². The number of carbonyl (C=O) groups is 1. The summed E-state index contributed by atoms with van der Waals surface area (Å²) < 4.78 is 21.7. The van der Waals surface area contributed by atoms with Gasteiger partial charge in [0.25, 0.3) is 0 Å². The summed E-state index contributed by atoms with van der Waals surface area (Å²) in [6.45, 7) is 4.10. The molecule has 0 spiro atoms. The third kappa shape index (κ3) is 1.03. The molecule has 2 bridgehead atoms. The average molecular weight is 216 g/mol. The zero-order chi connectivity index (χ0) is 10.6. The molecule has 2 aliphatic rings. The number of ketones is 1. The molecule has 2 atom stereocenters. The fourth-order valence-corrected chi connectivity index (χ4v) is 4.54. The molecule has 2 aliphatic carbocycles. The second-order valence-electron chi connectivity index (χ2n) is 5.16. The van der Waals surface area contributed by atoms with Crippen molar-refractivity contribution in [2.75, 3.05) is 5.75 Å². The first-order valence-corrected chi connectivity index (χ1v) is 6.41. The number of fused-ring (bicyclic) bond motifs is 2. The SMILES string of the molecule is CC1(C)[C@@H]2CC[C@]1(C[SH](=O)=O)C(=O)C2. The molecule has 0 aromatic heterocycles. The van der Waals surface area contributed by atoms with Gasteiger partial charge in [-0.05, 0) is 24.2 Å². The highest BCUT2D eigenvalue weighted by molar-refractivity contribution is 7.72. The summed E-state index contributed by atoms with van der Waals surface area (Å²) in [5, 5.41) is 0. The maximum absolute atomic E-state index is 11.8. The second-order valence-corrected chi connectivity index (χ2v) is 6.14. The van der Waals surface area contributed by atoms with Crippen LogP contribution in [0.2, 0.25) is 0 Å². The van der Waals surface area contributed by atoms with Gasteiger partial charge in [-0.3, -0.25) is 4.79 Å². The minimum atomic E-state index is -2.45. The van der Waals surface area contributed by atoms with Crippen molar-refractivity contribution >= 4 is 16.5 Å². The number of hydrogen-bond donors (Lipinski definition) is 1. The van der Waals surface area contributed by atoms with Gasteiger partial charge in [-0.15, -0.1) is 0 Å². The molecule has 0 heterocycles. The molecule has 0 unspecified atom stereocenters. The van der Waals surface area contributed by atoms with E-state index in [0.29, 0.717) is 12.3 Å². The normalized spacial score (nSPS) is 39.6. The summed E-state index contributed by atoms with van der Waals surface area (Å²) in [5.41, 5.74) is -0.660. The van der Waals surface area contributed by atoms with Gasteiger partial charge in [0.1, 0.15) is 16.5 Å². The van der Waals surface area contributed by atoms with Crippen LogP contribution in [0.25, 0.3) is 0 Å². The Bertz CT molecular complexity index is 348. The van der Waals surface area contributed by atoms with Crippen LogP contribution in [-0.2, 0) is 15.5 Å². The van der Waals surface area contributed by atoms with Crippen molar-refractivity contribution in [3.63, 3.8) is 0 Å². The molecule has 0 aromatic rings. The molecular formula is C10H16O3S. The number of rotatable bonds is 2. The summed E-state index contributed by atoms with van der Waals surface area (Å²) in [4.78, 5) is 11.8. The van der Waals surface area contributed by atoms with E-state index in [1.54, 1.807) is 0 Å². The largest absolute Gasteiger partial charge is 0.299 e. The van der Waals surface area contributed by atoms with E-state index in [-0.39, 0.29) is 17.0 Å². The first-order chi connectivity index (χ1) is 6.40. The van der Waals surface area contributed by atoms with Crippen LogP contribution in [0.5, 0.6) is 0 Å². The topological polar surface area (TPSA) is 51.2 Å². The Morgan fingerprint density at radius 1 is 1.43 bits per heavy atom. The Kier molecular flexibility index (Phi) is 2.04. The Morgan fingerprint density at radius 2 is 2.07 bits per heavy atom. The lowest BCUT2D eigenvalue weighted by Crippen LogP contribution is -2.39. The van der Waals surface area contributed by atoms with Gasteiger partial charge < -0.3 is 0 Å². The summed E-state index contributed by atoms with van der Waals surface area (Å²) in [6, 6.07) is 0. The lowest BCUT2D eigenvalue weighted by molar-refractivity contribution is -0.127. The van der Waals surface area contributed by atoms with Crippen LogP contribution >= 0.6 is 0 Å². The third-order valence-electron chi connectivity index (χ3n) is 4.54. The van der Waals surface area contributed by atoms with Crippen LogP contribution < -0.4 is 0 Å². The molecule has 2 fully saturated rings. The molecular weight excluding hydrogens is 200 g/mol. The molecule has 0 N–H and O–H groups in total. The van der Waals surface area contributed by atoms with Gasteiger partial charge in [0.05, 0.1) is 5.75 Å². The van der Waals surface area contributed by atoms with Crippen LogP contribution in [0.3, 0.4) is 0 Å². The standard InChI is InChI=1S/C10H16O3S/c1-9(2)7-3-4-10(9,6-14(12)13)8(11)5-7/h7,14H,3-6H2,1-2H3/t7-,10+/m1/s1. The molecule has 2 saturated carbocycles. The van der Waals surface area contributed by atoms with Gasteiger partial charge in [0.2, 0.25) is 0 Å². The maximum Gasteiger partial charge on any atom is 0.141 e. The van der Waals surface area contributed by atoms with Crippen LogP contribution in [0.15, 0.2) is 0 Å². The highest BCUT2D eigenvalue weighted by atomic mass is 32.2. The third-order valence-corrected chi connectivity index (χ3v) is 5.34. The predicted molar refractivity (Wildman–Crippen MR) is 53.7 cm³/mol. The number of thiol groups is 1. The lowest BCUT2D eigenvalue weighted by atomic mass is 9.70. The van der Waals surface area contributed by atoms with Crippen LogP contribution in [0.1, 0.15) is 33.1 Å². The van der Waals surface area contributed by atoms with Crippen molar-refractivity contribution in [3.8, 4) is 0 Å². The van der Waals surface area contributed by atoms with Gasteiger partial charge in [-0.1, -0.05) is 13.8 Å². The van der Waals surface area contributed by atoms with E-state index in [0.717, 1.165) is 12.8 Å². The Hall–Kier alpha value is -0.380. The van der Waals surface area contributed by atoms with Crippen LogP contribution in [0.4, 0.5) is 0 Å². The molecule has 4 heteroatoms. The first-order valence-electron chi connectivity index (χ1n) is 5.05. The highest BCUT2D eigenvalue weighted by Crippen LogP contribution is 2.63. The van der Waals surface area contributed by atoms with E-state index in [2.05, 4.69) is 13.8 Å². The van der Waals surface area contributed by atoms with Crippen molar-refractivity contribution in [1.29, 1.82) is 0 Å². The fourth-order valence-electron chi connectivity index (χ4n) is 3.36. The summed E-state index contributed by atoms with van der Waals surface area (Å²) >= 11 is 0. The molecule has 0 radical (unpaired) electrons. The molecule has 14 heavy (non-hydrogen) atoms. The summed E-state index contributed by atoms with van der Waals surface area (Å²) in [6.07, 6.45) is 2.38. The van der Waals surface area contributed by atoms with Crippen molar-refractivity contribution in [2.45, 2.75) is 33.1 Å². The fraction of sp³-hybridized carbons (Fsp3) is 0.900. The zero-order valence-corrected chi connectivity index (χ0v) is 9.47. The highest BCUT2D eigenvalue weighted by Gasteiger charge is 2.64. The van der Waals surface area contributed by atoms with E-state index in [1.165, 1.54) is 0 Å². The predicted octanol–water partition coefficient (Wildman–Crippen LogP) is 0.993. The number of carbonyl (C=O) groups excluding carboxylic acids is 1.